The predicted molar refractivity (Wildman–Crippen MR) is 84.6 cm³/mol. The standard InChI is InChI=1S/C13H15BrN2S2/c1-2-6-15-13-16-8-12(18-13)9-17-11-5-3-4-10(14)7-11/h3-5,7-8H,2,6,9H2,1H3,(H,15,16). The smallest absolute Gasteiger partial charge is 0.182 e. The molecule has 0 bridgehead atoms. The Hall–Kier alpha value is -0.520. The molecule has 2 aromatic rings. The molecule has 2 nitrogen and oxygen atoms in total. The summed E-state index contributed by atoms with van der Waals surface area (Å²) in [5, 5.41) is 4.34. The van der Waals surface area contributed by atoms with Crippen molar-refractivity contribution in [2.45, 2.75) is 24.0 Å². The van der Waals surface area contributed by atoms with Crippen LogP contribution in [0.5, 0.6) is 0 Å². The summed E-state index contributed by atoms with van der Waals surface area (Å²) in [5.41, 5.74) is 0. The largest absolute Gasteiger partial charge is 0.362 e. The quantitative estimate of drug-likeness (QED) is 0.746. The molecule has 0 radical (unpaired) electrons. The minimum absolute atomic E-state index is 0.974. The number of nitrogens with zero attached hydrogens (tertiary/aromatic N) is 1. The van der Waals surface area contributed by atoms with E-state index < -0.39 is 0 Å². The fraction of sp³-hybridized carbons (Fsp3) is 0.308. The Labute approximate surface area is 124 Å². The fourth-order valence-corrected chi connectivity index (χ4v) is 3.76. The summed E-state index contributed by atoms with van der Waals surface area (Å²) in [7, 11) is 0. The Morgan fingerprint density at radius 2 is 2.33 bits per heavy atom. The molecule has 1 heterocycles. The van der Waals surface area contributed by atoms with Crippen molar-refractivity contribution in [3.8, 4) is 0 Å². The molecule has 0 saturated carbocycles. The molecule has 0 fully saturated rings. The van der Waals surface area contributed by atoms with E-state index in [0.29, 0.717) is 0 Å². The molecule has 1 aromatic heterocycles. The van der Waals surface area contributed by atoms with Gasteiger partial charge in [-0.1, -0.05) is 28.9 Å². The highest BCUT2D eigenvalue weighted by Gasteiger charge is 2.02. The van der Waals surface area contributed by atoms with E-state index in [1.54, 1.807) is 11.3 Å². The number of rotatable bonds is 6. The lowest BCUT2D eigenvalue weighted by molar-refractivity contribution is 0.976. The number of anilines is 1. The van der Waals surface area contributed by atoms with Crippen molar-refractivity contribution in [3.63, 3.8) is 0 Å². The normalized spacial score (nSPS) is 10.6. The van der Waals surface area contributed by atoms with Crippen molar-refractivity contribution in [1.29, 1.82) is 0 Å². The van der Waals surface area contributed by atoms with Crippen molar-refractivity contribution in [3.05, 3.63) is 39.8 Å². The van der Waals surface area contributed by atoms with E-state index in [2.05, 4.69) is 51.4 Å². The van der Waals surface area contributed by atoms with Gasteiger partial charge in [-0.25, -0.2) is 4.98 Å². The van der Waals surface area contributed by atoms with Gasteiger partial charge >= 0.3 is 0 Å². The number of nitrogens with one attached hydrogen (secondary N) is 1. The molecule has 0 spiro atoms. The summed E-state index contributed by atoms with van der Waals surface area (Å²) < 4.78 is 1.13. The number of hydrogen-bond donors (Lipinski definition) is 1. The Morgan fingerprint density at radius 3 is 3.11 bits per heavy atom. The average molecular weight is 343 g/mol. The maximum atomic E-state index is 4.37. The summed E-state index contributed by atoms with van der Waals surface area (Å²) in [6, 6.07) is 8.38. The highest BCUT2D eigenvalue weighted by molar-refractivity contribution is 9.10. The molecule has 0 saturated heterocycles. The van der Waals surface area contributed by atoms with Crippen LogP contribution in [0.25, 0.3) is 0 Å². The van der Waals surface area contributed by atoms with Gasteiger partial charge in [0.15, 0.2) is 5.13 Å². The minimum atomic E-state index is 0.974. The van der Waals surface area contributed by atoms with Gasteiger partial charge in [-0.3, -0.25) is 0 Å². The maximum Gasteiger partial charge on any atom is 0.182 e. The molecular weight excluding hydrogens is 328 g/mol. The van der Waals surface area contributed by atoms with Gasteiger partial charge in [0.1, 0.15) is 0 Å². The first-order valence-electron chi connectivity index (χ1n) is 5.85. The van der Waals surface area contributed by atoms with E-state index >= 15 is 0 Å². The van der Waals surface area contributed by atoms with Crippen molar-refractivity contribution >= 4 is 44.2 Å². The van der Waals surface area contributed by atoms with Gasteiger partial charge < -0.3 is 5.32 Å². The van der Waals surface area contributed by atoms with Gasteiger partial charge in [-0.15, -0.1) is 23.1 Å². The van der Waals surface area contributed by atoms with Crippen LogP contribution in [0, 0.1) is 0 Å². The second-order valence-electron chi connectivity index (χ2n) is 3.80. The number of benzene rings is 1. The number of aromatic nitrogens is 1. The predicted octanol–water partition coefficient (Wildman–Crippen LogP) is 5.02. The summed E-state index contributed by atoms with van der Waals surface area (Å²) >= 11 is 7.07. The van der Waals surface area contributed by atoms with E-state index in [4.69, 9.17) is 0 Å². The summed E-state index contributed by atoms with van der Waals surface area (Å²) in [4.78, 5) is 6.95. The number of hydrogen-bond acceptors (Lipinski definition) is 4. The van der Waals surface area contributed by atoms with Crippen molar-refractivity contribution in [2.24, 2.45) is 0 Å². The molecule has 0 unspecified atom stereocenters. The van der Waals surface area contributed by atoms with Crippen LogP contribution < -0.4 is 5.32 Å². The monoisotopic (exact) mass is 342 g/mol. The zero-order valence-electron chi connectivity index (χ0n) is 10.1. The third kappa shape index (κ3) is 4.30. The van der Waals surface area contributed by atoms with E-state index in [1.807, 2.05) is 24.0 Å². The van der Waals surface area contributed by atoms with Crippen molar-refractivity contribution < 1.29 is 0 Å². The Morgan fingerprint density at radius 1 is 1.44 bits per heavy atom. The molecule has 5 heteroatoms. The van der Waals surface area contributed by atoms with Crippen LogP contribution in [-0.4, -0.2) is 11.5 Å². The molecule has 0 amide bonds. The van der Waals surface area contributed by atoms with Crippen LogP contribution in [-0.2, 0) is 5.75 Å². The third-order valence-electron chi connectivity index (χ3n) is 2.26. The molecule has 1 N–H and O–H groups in total. The first-order chi connectivity index (χ1) is 8.78. The molecule has 0 aliphatic carbocycles. The van der Waals surface area contributed by atoms with Gasteiger partial charge in [-0.2, -0.15) is 0 Å². The maximum absolute atomic E-state index is 4.37. The molecule has 0 atom stereocenters. The number of halogens is 1. The average Bonchev–Trinajstić information content (AvgIpc) is 2.82. The van der Waals surface area contributed by atoms with Gasteiger partial charge in [0.05, 0.1) is 0 Å². The van der Waals surface area contributed by atoms with Crippen LogP contribution in [0.15, 0.2) is 39.8 Å². The van der Waals surface area contributed by atoms with Gasteiger partial charge in [0.25, 0.3) is 0 Å². The molecule has 0 aliphatic rings. The van der Waals surface area contributed by atoms with E-state index in [-0.39, 0.29) is 0 Å². The Kier molecular flexibility index (Phi) is 5.53. The van der Waals surface area contributed by atoms with E-state index in [1.165, 1.54) is 9.77 Å². The highest BCUT2D eigenvalue weighted by atomic mass is 79.9. The van der Waals surface area contributed by atoms with E-state index in [0.717, 1.165) is 28.3 Å². The van der Waals surface area contributed by atoms with Gasteiger partial charge in [-0.05, 0) is 24.6 Å². The van der Waals surface area contributed by atoms with Crippen LogP contribution in [0.1, 0.15) is 18.2 Å². The van der Waals surface area contributed by atoms with Gasteiger partial charge in [0, 0.05) is 32.7 Å². The molecule has 0 aliphatic heterocycles. The lowest BCUT2D eigenvalue weighted by Gasteiger charge is -2.00. The fourth-order valence-electron chi connectivity index (χ4n) is 1.40. The van der Waals surface area contributed by atoms with Crippen molar-refractivity contribution in [2.75, 3.05) is 11.9 Å². The first-order valence-corrected chi connectivity index (χ1v) is 8.44. The molecule has 18 heavy (non-hydrogen) atoms. The zero-order chi connectivity index (χ0) is 12.8. The van der Waals surface area contributed by atoms with Crippen LogP contribution in [0.4, 0.5) is 5.13 Å². The molecule has 1 aromatic carbocycles. The highest BCUT2D eigenvalue weighted by Crippen LogP contribution is 2.28. The molecule has 2 rings (SSSR count). The van der Waals surface area contributed by atoms with E-state index in [9.17, 15) is 0 Å². The lowest BCUT2D eigenvalue weighted by atomic mass is 10.4. The Balaban J connectivity index is 1.88. The number of thiazole rings is 1. The summed E-state index contributed by atoms with van der Waals surface area (Å²) in [6.07, 6.45) is 3.09. The second kappa shape index (κ2) is 7.16. The van der Waals surface area contributed by atoms with Crippen LogP contribution in [0.2, 0.25) is 0 Å². The topological polar surface area (TPSA) is 24.9 Å². The summed E-state index contributed by atoms with van der Waals surface area (Å²) in [5.74, 6) is 0.974. The summed E-state index contributed by atoms with van der Waals surface area (Å²) in [6.45, 7) is 3.15. The minimum Gasteiger partial charge on any atom is -0.362 e. The van der Waals surface area contributed by atoms with Crippen LogP contribution in [0.3, 0.4) is 0 Å². The van der Waals surface area contributed by atoms with Gasteiger partial charge in [0.2, 0.25) is 0 Å². The second-order valence-corrected chi connectivity index (χ2v) is 6.88. The molecular formula is C13H15BrN2S2. The van der Waals surface area contributed by atoms with Crippen LogP contribution >= 0.6 is 39.0 Å². The SMILES string of the molecule is CCCNc1ncc(CSc2cccc(Br)c2)s1. The first kappa shape index (κ1) is 13.9. The zero-order valence-corrected chi connectivity index (χ0v) is 13.4. The lowest BCUT2D eigenvalue weighted by Crippen LogP contribution is -1.97. The number of thioether (sulfide) groups is 1. The Bertz CT molecular complexity index is 499. The molecule has 96 valence electrons. The van der Waals surface area contributed by atoms with Crippen molar-refractivity contribution in [1.82, 2.24) is 4.98 Å². The third-order valence-corrected chi connectivity index (χ3v) is 4.93.